The molecule has 0 spiro atoms. The Morgan fingerprint density at radius 1 is 1.13 bits per heavy atom. The van der Waals surface area contributed by atoms with E-state index in [0.29, 0.717) is 48.6 Å². The van der Waals surface area contributed by atoms with Crippen LogP contribution in [0.5, 0.6) is 0 Å². The van der Waals surface area contributed by atoms with Gasteiger partial charge in [0.15, 0.2) is 5.82 Å². The van der Waals surface area contributed by atoms with Crippen molar-refractivity contribution in [2.75, 3.05) is 6.54 Å². The lowest BCUT2D eigenvalue weighted by Crippen LogP contribution is -2.52. The molecule has 0 bridgehead atoms. The number of nitrogens with zero attached hydrogens (tertiary/aromatic N) is 6. The van der Waals surface area contributed by atoms with Crippen LogP contribution < -0.4 is 16.9 Å². The zero-order valence-electron chi connectivity index (χ0n) is 28.5. The third kappa shape index (κ3) is 6.82. The summed E-state index contributed by atoms with van der Waals surface area (Å²) in [6.07, 6.45) is 3.35. The summed E-state index contributed by atoms with van der Waals surface area (Å²) in [6, 6.07) is 12.4. The molecule has 5 N–H and O–H groups in total. The lowest BCUT2D eigenvalue weighted by Gasteiger charge is -2.29. The van der Waals surface area contributed by atoms with E-state index in [1.807, 2.05) is 48.7 Å². The maximum Gasteiger partial charge on any atom is 0.255 e. The summed E-state index contributed by atoms with van der Waals surface area (Å²) in [4.78, 5) is 44.4. The van der Waals surface area contributed by atoms with Crippen molar-refractivity contribution in [3.05, 3.63) is 109 Å². The number of halogens is 1. The molecule has 7 rings (SSSR count). The number of rotatable bonds is 6. The molecule has 0 radical (unpaired) electrons. The lowest BCUT2D eigenvalue weighted by molar-refractivity contribution is -0.136. The third-order valence-electron chi connectivity index (χ3n) is 9.10. The molecule has 1 saturated heterocycles. The van der Waals surface area contributed by atoms with E-state index in [2.05, 4.69) is 39.2 Å². The SMILES string of the molecule is Cc1c(C#C/C(N)=C/N(N)CCCC#Cc2cccc3c2CN(C2CCC(=O)NC2=O)C3=O)sc2c1C(c1ccc(Cl)cc1)=NCc1nnc(C)n1-2. The highest BCUT2D eigenvalue weighted by atomic mass is 35.5. The average molecular weight is 732 g/mol. The van der Waals surface area contributed by atoms with Crippen LogP contribution in [-0.2, 0) is 22.7 Å². The Morgan fingerprint density at radius 2 is 1.94 bits per heavy atom. The Kier molecular flexibility index (Phi) is 9.67. The number of hydrogen-bond donors (Lipinski definition) is 3. The molecule has 52 heavy (non-hydrogen) atoms. The summed E-state index contributed by atoms with van der Waals surface area (Å²) >= 11 is 7.72. The maximum absolute atomic E-state index is 13.1. The van der Waals surface area contributed by atoms with Crippen LogP contribution in [0.25, 0.3) is 5.00 Å². The Labute approximate surface area is 309 Å². The molecule has 12 nitrogen and oxygen atoms in total. The number of unbranched alkanes of at least 4 members (excludes halogenated alkanes) is 1. The Bertz CT molecular complexity index is 2320. The number of hydrazine groups is 1. The fraction of sp³-hybridized carbons (Fsp3) is 0.263. The molecule has 3 amide bonds. The van der Waals surface area contributed by atoms with Crippen molar-refractivity contribution in [3.63, 3.8) is 0 Å². The van der Waals surface area contributed by atoms with Crippen molar-refractivity contribution in [1.82, 2.24) is 30.0 Å². The van der Waals surface area contributed by atoms with Gasteiger partial charge in [-0.3, -0.25) is 29.3 Å². The normalized spacial score (nSPS) is 16.4. The van der Waals surface area contributed by atoms with Crippen molar-refractivity contribution in [1.29, 1.82) is 0 Å². The van der Waals surface area contributed by atoms with Crippen LogP contribution in [0.3, 0.4) is 0 Å². The van der Waals surface area contributed by atoms with Crippen LogP contribution in [0.15, 0.2) is 59.4 Å². The van der Waals surface area contributed by atoms with E-state index in [-0.39, 0.29) is 24.8 Å². The monoisotopic (exact) mass is 731 g/mol. The van der Waals surface area contributed by atoms with Crippen molar-refractivity contribution < 1.29 is 14.4 Å². The molecule has 3 aliphatic rings. The van der Waals surface area contributed by atoms with Gasteiger partial charge in [-0.15, -0.1) is 21.5 Å². The molecule has 3 aliphatic heterocycles. The average Bonchev–Trinajstić information content (AvgIpc) is 3.72. The second-order valence-electron chi connectivity index (χ2n) is 12.6. The second kappa shape index (κ2) is 14.5. The van der Waals surface area contributed by atoms with Gasteiger partial charge in [0.2, 0.25) is 11.8 Å². The number of thiophene rings is 1. The fourth-order valence-electron chi connectivity index (χ4n) is 6.51. The molecule has 262 valence electrons. The summed E-state index contributed by atoms with van der Waals surface area (Å²) in [5, 5.41) is 14.1. The van der Waals surface area contributed by atoms with E-state index in [0.717, 1.165) is 55.1 Å². The lowest BCUT2D eigenvalue weighted by atomic mass is 10.00. The van der Waals surface area contributed by atoms with Gasteiger partial charge in [0.25, 0.3) is 5.91 Å². The van der Waals surface area contributed by atoms with Gasteiger partial charge in [-0.1, -0.05) is 41.6 Å². The number of carbonyl (C=O) groups is 3. The predicted octanol–water partition coefficient (Wildman–Crippen LogP) is 3.87. The number of allylic oxidation sites excluding steroid dienone is 1. The van der Waals surface area contributed by atoms with E-state index < -0.39 is 11.9 Å². The Hall–Kier alpha value is -5.73. The molecule has 0 saturated carbocycles. The van der Waals surface area contributed by atoms with E-state index in [9.17, 15) is 14.4 Å². The fourth-order valence-corrected chi connectivity index (χ4v) is 7.87. The van der Waals surface area contributed by atoms with Gasteiger partial charge in [-0.25, -0.2) is 5.84 Å². The van der Waals surface area contributed by atoms with Crippen LogP contribution in [0.1, 0.15) is 80.4 Å². The van der Waals surface area contributed by atoms with Gasteiger partial charge < -0.3 is 15.6 Å². The van der Waals surface area contributed by atoms with Crippen molar-refractivity contribution in [3.8, 4) is 28.7 Å². The van der Waals surface area contributed by atoms with E-state index in [1.54, 1.807) is 18.3 Å². The maximum atomic E-state index is 13.1. The van der Waals surface area contributed by atoms with Crippen LogP contribution in [-0.4, -0.2) is 60.7 Å². The number of imide groups is 1. The van der Waals surface area contributed by atoms with Gasteiger partial charge in [0, 0.05) is 59.4 Å². The first-order chi connectivity index (χ1) is 25.1. The summed E-state index contributed by atoms with van der Waals surface area (Å²) in [5.74, 6) is 19.4. The number of piperidine rings is 1. The molecule has 2 aromatic carbocycles. The van der Waals surface area contributed by atoms with Gasteiger partial charge in [-0.2, -0.15) is 0 Å². The minimum Gasteiger partial charge on any atom is -0.391 e. The summed E-state index contributed by atoms with van der Waals surface area (Å²) in [6.45, 7) is 5.12. The number of benzene rings is 2. The zero-order valence-corrected chi connectivity index (χ0v) is 30.1. The number of nitrogens with two attached hydrogens (primary N) is 2. The quantitative estimate of drug-likeness (QED) is 0.0885. The Morgan fingerprint density at radius 3 is 2.73 bits per heavy atom. The molecule has 1 atom stereocenters. The molecule has 2 aromatic heterocycles. The molecule has 1 fully saturated rings. The largest absolute Gasteiger partial charge is 0.391 e. The number of hydrogen-bond acceptors (Lipinski definition) is 10. The molecule has 14 heteroatoms. The molecule has 1 unspecified atom stereocenters. The van der Waals surface area contributed by atoms with Gasteiger partial charge >= 0.3 is 0 Å². The highest BCUT2D eigenvalue weighted by Gasteiger charge is 2.39. The summed E-state index contributed by atoms with van der Waals surface area (Å²) in [7, 11) is 0. The minimum atomic E-state index is -0.668. The minimum absolute atomic E-state index is 0.207. The molecular weight excluding hydrogens is 698 g/mol. The number of amides is 3. The number of nitrogens with one attached hydrogen (secondary N) is 1. The van der Waals surface area contributed by atoms with Crippen molar-refractivity contribution >= 4 is 46.4 Å². The molecular formula is C38H34ClN9O3S. The number of aryl methyl sites for hydroxylation is 1. The first-order valence-corrected chi connectivity index (χ1v) is 17.9. The highest BCUT2D eigenvalue weighted by Crippen LogP contribution is 2.36. The molecule has 0 aliphatic carbocycles. The zero-order chi connectivity index (χ0) is 36.5. The topological polar surface area (TPSA) is 165 Å². The highest BCUT2D eigenvalue weighted by molar-refractivity contribution is 7.15. The van der Waals surface area contributed by atoms with Crippen molar-refractivity contribution in [2.24, 2.45) is 16.6 Å². The molecule has 5 heterocycles. The number of fused-ring (bicyclic) bond motifs is 4. The smallest absolute Gasteiger partial charge is 0.255 e. The van der Waals surface area contributed by atoms with Gasteiger partial charge in [-0.05, 0) is 73.9 Å². The first-order valence-electron chi connectivity index (χ1n) is 16.7. The number of aliphatic imine (C=N–C) groups is 1. The predicted molar refractivity (Wildman–Crippen MR) is 198 cm³/mol. The van der Waals surface area contributed by atoms with Gasteiger partial charge in [0.1, 0.15) is 29.1 Å². The van der Waals surface area contributed by atoms with E-state index >= 15 is 0 Å². The van der Waals surface area contributed by atoms with Crippen LogP contribution in [0, 0.1) is 37.5 Å². The van der Waals surface area contributed by atoms with Crippen LogP contribution >= 0.6 is 22.9 Å². The second-order valence-corrected chi connectivity index (χ2v) is 14.1. The third-order valence-corrected chi connectivity index (χ3v) is 10.5. The van der Waals surface area contributed by atoms with Crippen LogP contribution in [0.2, 0.25) is 5.02 Å². The number of aromatic nitrogens is 3. The van der Waals surface area contributed by atoms with Gasteiger partial charge in [0.05, 0.1) is 10.6 Å². The standard InChI is InChI=1S/C38H34ClN9O3S/c1-22-31(52-38-34(22)35(25-10-12-26(39)13-11-25)42-19-32-45-44-23(2)48(32)38)16-14-27(40)20-46(41)18-5-3-4-7-24-8-6-9-28-29(24)21-47(37(28)51)30-15-17-33(49)43-36(30)50/h6,8-13,20,30H,3,5,15,17-19,21,40-41H2,1-2H3,(H,43,49,50)/b27-20-. The summed E-state index contributed by atoms with van der Waals surface area (Å²) in [5.41, 5.74) is 12.4. The van der Waals surface area contributed by atoms with E-state index in [4.69, 9.17) is 28.2 Å². The Balaban J connectivity index is 1.00. The van der Waals surface area contributed by atoms with E-state index in [1.165, 1.54) is 21.2 Å². The number of carbonyl (C=O) groups excluding carboxylic acids is 3. The summed E-state index contributed by atoms with van der Waals surface area (Å²) < 4.78 is 2.04. The first kappa shape index (κ1) is 34.7. The van der Waals surface area contributed by atoms with Crippen LogP contribution in [0.4, 0.5) is 0 Å². The molecule has 4 aromatic rings. The van der Waals surface area contributed by atoms with Crippen molar-refractivity contribution in [2.45, 2.75) is 58.7 Å².